The number of hydrogen-bond donors (Lipinski definition) is 2. The van der Waals surface area contributed by atoms with Crippen LogP contribution in [0.2, 0.25) is 0 Å². The van der Waals surface area contributed by atoms with Crippen molar-refractivity contribution in [3.05, 3.63) is 47.0 Å². The number of piperidine rings is 1. The number of nitrogens with zero attached hydrogens (tertiary/aromatic N) is 2. The average molecular weight is 407 g/mol. The normalized spacial score (nSPS) is 21.0. The highest BCUT2D eigenvalue weighted by atomic mass is 19.1. The zero-order valence-electron chi connectivity index (χ0n) is 17.2. The molecule has 2 heterocycles. The third-order valence-electron chi connectivity index (χ3n) is 5.39. The highest BCUT2D eigenvalue weighted by molar-refractivity contribution is 5.80. The molecule has 2 aliphatic rings. The number of hydrogen-bond acceptors (Lipinski definition) is 3. The topological polar surface area (TPSA) is 48.9 Å². The van der Waals surface area contributed by atoms with Crippen molar-refractivity contribution in [1.29, 1.82) is 0 Å². The van der Waals surface area contributed by atoms with Crippen LogP contribution in [0.1, 0.15) is 38.2 Å². The Kier molecular flexibility index (Phi) is 8.43. The van der Waals surface area contributed by atoms with Crippen LogP contribution in [0, 0.1) is 11.6 Å². The van der Waals surface area contributed by atoms with Gasteiger partial charge in [-0.15, -0.1) is 0 Å². The van der Waals surface area contributed by atoms with E-state index in [1.807, 2.05) is 6.92 Å². The van der Waals surface area contributed by atoms with Crippen molar-refractivity contribution in [2.75, 3.05) is 39.4 Å². The van der Waals surface area contributed by atoms with Crippen LogP contribution in [-0.4, -0.2) is 56.3 Å². The summed E-state index contributed by atoms with van der Waals surface area (Å²) in [7, 11) is 0. The van der Waals surface area contributed by atoms with E-state index in [0.717, 1.165) is 64.4 Å². The average Bonchev–Trinajstić information content (AvgIpc) is 2.72. The summed E-state index contributed by atoms with van der Waals surface area (Å²) < 4.78 is 33.3. The first kappa shape index (κ1) is 21.7. The van der Waals surface area contributed by atoms with Crippen LogP contribution in [0.25, 0.3) is 0 Å². The van der Waals surface area contributed by atoms with Crippen molar-refractivity contribution in [3.63, 3.8) is 0 Å². The van der Waals surface area contributed by atoms with E-state index in [1.54, 1.807) is 0 Å². The summed E-state index contributed by atoms with van der Waals surface area (Å²) in [4.78, 5) is 6.82. The van der Waals surface area contributed by atoms with Gasteiger partial charge in [-0.2, -0.15) is 0 Å². The summed E-state index contributed by atoms with van der Waals surface area (Å²) in [5, 5.41) is 6.81. The Balaban J connectivity index is 1.53. The van der Waals surface area contributed by atoms with Crippen LogP contribution in [-0.2, 0) is 11.3 Å². The van der Waals surface area contributed by atoms with Gasteiger partial charge in [0, 0.05) is 37.8 Å². The van der Waals surface area contributed by atoms with E-state index >= 15 is 0 Å². The molecule has 7 heteroatoms. The molecule has 1 saturated heterocycles. The standard InChI is InChI=1S/C22H32F2N4O/c1-2-25-22(26-11-8-17-9-13-29-14-10-17)27-18-5-4-12-28(15-18)16-19-20(23)6-3-7-21(19)24/h3,6-7,9,18H,2,4-5,8,10-16H2,1H3,(H2,25,26,27). The fourth-order valence-electron chi connectivity index (χ4n) is 3.84. The first-order valence-electron chi connectivity index (χ1n) is 10.6. The van der Waals surface area contributed by atoms with E-state index in [9.17, 15) is 8.78 Å². The van der Waals surface area contributed by atoms with Gasteiger partial charge in [0.2, 0.25) is 0 Å². The Hall–Kier alpha value is -1.99. The van der Waals surface area contributed by atoms with Crippen molar-refractivity contribution in [1.82, 2.24) is 15.5 Å². The van der Waals surface area contributed by atoms with Crippen LogP contribution in [0.3, 0.4) is 0 Å². The van der Waals surface area contributed by atoms with Crippen LogP contribution in [0.5, 0.6) is 0 Å². The number of ether oxygens (including phenoxy) is 1. The van der Waals surface area contributed by atoms with Gasteiger partial charge in [-0.05, 0) is 51.3 Å². The number of likely N-dealkylation sites (tertiary alicyclic amines) is 1. The number of guanidine groups is 1. The lowest BCUT2D eigenvalue weighted by molar-refractivity contribution is 0.153. The zero-order valence-corrected chi connectivity index (χ0v) is 17.2. The molecule has 1 aromatic carbocycles. The molecule has 5 nitrogen and oxygen atoms in total. The number of halogens is 2. The van der Waals surface area contributed by atoms with Gasteiger partial charge >= 0.3 is 0 Å². The summed E-state index contributed by atoms with van der Waals surface area (Å²) in [6.45, 7) is 6.95. The summed E-state index contributed by atoms with van der Waals surface area (Å²) >= 11 is 0. The lowest BCUT2D eigenvalue weighted by Crippen LogP contribution is -2.51. The van der Waals surface area contributed by atoms with Gasteiger partial charge < -0.3 is 15.4 Å². The SMILES string of the molecule is CCNC(=NCCC1=CCOCC1)NC1CCCN(Cc2c(F)cccc2F)C1. The molecule has 0 spiro atoms. The molecule has 2 aliphatic heterocycles. The first-order chi connectivity index (χ1) is 14.2. The van der Waals surface area contributed by atoms with Crippen LogP contribution < -0.4 is 10.6 Å². The van der Waals surface area contributed by atoms with Gasteiger partial charge in [0.25, 0.3) is 0 Å². The predicted molar refractivity (Wildman–Crippen MR) is 112 cm³/mol. The fraction of sp³-hybridized carbons (Fsp3) is 0.591. The molecule has 160 valence electrons. The Morgan fingerprint density at radius 2 is 2.14 bits per heavy atom. The molecule has 0 radical (unpaired) electrons. The van der Waals surface area contributed by atoms with E-state index < -0.39 is 11.6 Å². The van der Waals surface area contributed by atoms with E-state index in [0.29, 0.717) is 13.2 Å². The second-order valence-electron chi connectivity index (χ2n) is 7.62. The van der Waals surface area contributed by atoms with E-state index in [1.165, 1.54) is 23.8 Å². The van der Waals surface area contributed by atoms with Crippen LogP contribution in [0.4, 0.5) is 8.78 Å². The van der Waals surface area contributed by atoms with Gasteiger partial charge in [0.1, 0.15) is 11.6 Å². The monoisotopic (exact) mass is 406 g/mol. The molecule has 1 atom stereocenters. The lowest BCUT2D eigenvalue weighted by Gasteiger charge is -2.34. The maximum Gasteiger partial charge on any atom is 0.191 e. The molecule has 29 heavy (non-hydrogen) atoms. The molecule has 1 aromatic rings. The van der Waals surface area contributed by atoms with E-state index in [4.69, 9.17) is 9.73 Å². The first-order valence-corrected chi connectivity index (χ1v) is 10.6. The minimum Gasteiger partial charge on any atom is -0.377 e. The molecule has 2 N–H and O–H groups in total. The second-order valence-corrected chi connectivity index (χ2v) is 7.62. The third kappa shape index (κ3) is 6.78. The molecule has 1 fully saturated rings. The van der Waals surface area contributed by atoms with Gasteiger partial charge in [-0.1, -0.05) is 17.7 Å². The molecule has 0 aromatic heterocycles. The Bertz CT molecular complexity index is 703. The predicted octanol–water partition coefficient (Wildman–Crippen LogP) is 3.22. The lowest BCUT2D eigenvalue weighted by atomic mass is 10.0. The molecule has 1 unspecified atom stereocenters. The summed E-state index contributed by atoms with van der Waals surface area (Å²) in [5.74, 6) is -0.140. The molecule has 3 rings (SSSR count). The zero-order chi connectivity index (χ0) is 20.5. The quantitative estimate of drug-likeness (QED) is 0.415. The van der Waals surface area contributed by atoms with Crippen molar-refractivity contribution in [3.8, 4) is 0 Å². The van der Waals surface area contributed by atoms with Crippen LogP contribution in [0.15, 0.2) is 34.8 Å². The maximum absolute atomic E-state index is 14.0. The van der Waals surface area contributed by atoms with Crippen molar-refractivity contribution >= 4 is 5.96 Å². The highest BCUT2D eigenvalue weighted by Crippen LogP contribution is 2.18. The molecular formula is C22H32F2N4O. The highest BCUT2D eigenvalue weighted by Gasteiger charge is 2.22. The fourth-order valence-corrected chi connectivity index (χ4v) is 3.84. The smallest absolute Gasteiger partial charge is 0.191 e. The van der Waals surface area contributed by atoms with Gasteiger partial charge in [0.15, 0.2) is 5.96 Å². The largest absolute Gasteiger partial charge is 0.377 e. The molecular weight excluding hydrogens is 374 g/mol. The van der Waals surface area contributed by atoms with Gasteiger partial charge in [-0.3, -0.25) is 9.89 Å². The Labute approximate surface area is 172 Å². The van der Waals surface area contributed by atoms with E-state index in [2.05, 4.69) is 21.6 Å². The number of aliphatic imine (C=N–C) groups is 1. The number of nitrogens with one attached hydrogen (secondary N) is 2. The minimum absolute atomic E-state index is 0.151. The number of rotatable bonds is 7. The molecule has 0 aliphatic carbocycles. The summed E-state index contributed by atoms with van der Waals surface area (Å²) in [5.41, 5.74) is 1.56. The van der Waals surface area contributed by atoms with Crippen LogP contribution >= 0.6 is 0 Å². The maximum atomic E-state index is 14.0. The van der Waals surface area contributed by atoms with Gasteiger partial charge in [0.05, 0.1) is 13.2 Å². The molecule has 0 amide bonds. The molecule has 0 saturated carbocycles. The van der Waals surface area contributed by atoms with Crippen molar-refractivity contribution < 1.29 is 13.5 Å². The second kappa shape index (κ2) is 11.3. The summed E-state index contributed by atoms with van der Waals surface area (Å²) in [6.07, 6.45) is 6.09. The third-order valence-corrected chi connectivity index (χ3v) is 5.39. The Morgan fingerprint density at radius 1 is 1.31 bits per heavy atom. The minimum atomic E-state index is -0.475. The summed E-state index contributed by atoms with van der Waals surface area (Å²) in [6, 6.07) is 4.26. The number of benzene rings is 1. The molecule has 0 bridgehead atoms. The van der Waals surface area contributed by atoms with Gasteiger partial charge in [-0.25, -0.2) is 8.78 Å². The Morgan fingerprint density at radius 3 is 2.86 bits per heavy atom. The van der Waals surface area contributed by atoms with Crippen molar-refractivity contribution in [2.45, 2.75) is 45.2 Å². The van der Waals surface area contributed by atoms with E-state index in [-0.39, 0.29) is 11.6 Å². The van der Waals surface area contributed by atoms with Crippen molar-refractivity contribution in [2.24, 2.45) is 4.99 Å².